The molecule has 0 bridgehead atoms. The molecular formula is C17H13N3O4. The number of carbonyl (C=O) groups is 2. The van der Waals surface area contributed by atoms with Crippen molar-refractivity contribution in [3.05, 3.63) is 42.0 Å². The summed E-state index contributed by atoms with van der Waals surface area (Å²) in [5.41, 5.74) is 0.820. The molecule has 2 unspecified atom stereocenters. The van der Waals surface area contributed by atoms with Gasteiger partial charge in [0.1, 0.15) is 18.2 Å². The molecule has 7 heteroatoms. The summed E-state index contributed by atoms with van der Waals surface area (Å²) < 4.78 is 0. The number of hydrogen-bond donors (Lipinski definition) is 2. The van der Waals surface area contributed by atoms with Crippen LogP contribution in [-0.4, -0.2) is 51.8 Å². The van der Waals surface area contributed by atoms with Gasteiger partial charge >= 0.3 is 6.03 Å². The molecule has 0 aliphatic carbocycles. The topological polar surface area (TPSA) is 105 Å². The first-order valence-corrected chi connectivity index (χ1v) is 7.47. The largest absolute Gasteiger partial charge is 0.388 e. The van der Waals surface area contributed by atoms with Crippen LogP contribution in [-0.2, 0) is 4.79 Å². The van der Waals surface area contributed by atoms with Crippen molar-refractivity contribution >= 4 is 28.4 Å². The molecule has 0 saturated carbocycles. The first-order valence-electron chi connectivity index (χ1n) is 7.47. The summed E-state index contributed by atoms with van der Waals surface area (Å²) in [6.07, 6.45) is -2.42. The molecule has 2 aliphatic rings. The number of carbonyl (C=O) groups excluding carboxylic acids is 2. The maximum absolute atomic E-state index is 12.7. The molecule has 0 spiro atoms. The van der Waals surface area contributed by atoms with Crippen LogP contribution in [0.25, 0.3) is 10.8 Å². The van der Waals surface area contributed by atoms with E-state index >= 15 is 0 Å². The lowest BCUT2D eigenvalue weighted by Crippen LogP contribution is -2.40. The number of hydrogen-bond acceptors (Lipinski definition) is 5. The maximum Gasteiger partial charge on any atom is 0.332 e. The molecule has 2 aromatic rings. The summed E-state index contributed by atoms with van der Waals surface area (Å²) in [6.45, 7) is -0.0822. The van der Waals surface area contributed by atoms with E-state index in [0.29, 0.717) is 22.0 Å². The number of aliphatic hydroxyl groups excluding tert-OH is 2. The lowest BCUT2D eigenvalue weighted by Gasteiger charge is -2.19. The molecule has 2 aliphatic heterocycles. The van der Waals surface area contributed by atoms with Gasteiger partial charge in [-0.1, -0.05) is 24.3 Å². The molecule has 3 atom stereocenters. The summed E-state index contributed by atoms with van der Waals surface area (Å²) >= 11 is 0. The van der Waals surface area contributed by atoms with Crippen LogP contribution in [0.3, 0.4) is 0 Å². The molecule has 4 rings (SSSR count). The van der Waals surface area contributed by atoms with Crippen LogP contribution in [0.15, 0.2) is 36.4 Å². The van der Waals surface area contributed by atoms with Crippen LogP contribution in [0.1, 0.15) is 5.56 Å². The second-order valence-corrected chi connectivity index (χ2v) is 5.90. The highest BCUT2D eigenvalue weighted by molar-refractivity contribution is 6.25. The van der Waals surface area contributed by atoms with Gasteiger partial charge in [0.05, 0.1) is 23.9 Å². The number of nitrogens with zero attached hydrogens (tertiary/aromatic N) is 3. The number of aliphatic hydroxyl groups is 2. The predicted molar refractivity (Wildman–Crippen MR) is 84.1 cm³/mol. The van der Waals surface area contributed by atoms with E-state index in [2.05, 4.69) is 6.07 Å². The van der Waals surface area contributed by atoms with E-state index in [-0.39, 0.29) is 6.54 Å². The standard InChI is InChI=1S/C17H13N3O4/c18-7-9-5-6-12(11-4-2-1-3-10(9)11)20-16(23)14-15(22)13(21)8-19(14)17(20)24/h1-6,13-15,21-22H,8H2/t13?,14?,15-/m1/s1. The highest BCUT2D eigenvalue weighted by Crippen LogP contribution is 2.36. The van der Waals surface area contributed by atoms with Gasteiger partial charge in [-0.25, -0.2) is 9.69 Å². The minimum absolute atomic E-state index is 0.0822. The smallest absolute Gasteiger partial charge is 0.332 e. The summed E-state index contributed by atoms with van der Waals surface area (Å²) in [7, 11) is 0. The van der Waals surface area contributed by atoms with E-state index in [1.807, 2.05) is 0 Å². The second kappa shape index (κ2) is 5.03. The third kappa shape index (κ3) is 1.78. The molecule has 7 nitrogen and oxygen atoms in total. The van der Waals surface area contributed by atoms with Crippen LogP contribution in [0.5, 0.6) is 0 Å². The maximum atomic E-state index is 12.7. The van der Waals surface area contributed by atoms with Gasteiger partial charge in [0.15, 0.2) is 0 Å². The number of fused-ring (bicyclic) bond motifs is 2. The van der Waals surface area contributed by atoms with Crippen molar-refractivity contribution in [1.82, 2.24) is 4.90 Å². The summed E-state index contributed by atoms with van der Waals surface area (Å²) in [5.74, 6) is -0.570. The van der Waals surface area contributed by atoms with Crippen molar-refractivity contribution in [1.29, 1.82) is 5.26 Å². The van der Waals surface area contributed by atoms with E-state index in [1.165, 1.54) is 4.90 Å². The Balaban J connectivity index is 1.87. The van der Waals surface area contributed by atoms with Crippen molar-refractivity contribution in [2.75, 3.05) is 11.4 Å². The monoisotopic (exact) mass is 323 g/mol. The first kappa shape index (κ1) is 14.6. The van der Waals surface area contributed by atoms with Gasteiger partial charge in [-0.3, -0.25) is 4.79 Å². The van der Waals surface area contributed by atoms with Gasteiger partial charge in [-0.05, 0) is 12.1 Å². The molecule has 24 heavy (non-hydrogen) atoms. The molecule has 2 N–H and O–H groups in total. The summed E-state index contributed by atoms with van der Waals surface area (Å²) in [5, 5.41) is 30.1. The number of imide groups is 1. The zero-order valence-electron chi connectivity index (χ0n) is 12.5. The second-order valence-electron chi connectivity index (χ2n) is 5.90. The fourth-order valence-electron chi connectivity index (χ4n) is 3.45. The van der Waals surface area contributed by atoms with Gasteiger partial charge < -0.3 is 15.1 Å². The first-order chi connectivity index (χ1) is 11.5. The third-order valence-electron chi connectivity index (χ3n) is 4.61. The highest BCUT2D eigenvalue weighted by atomic mass is 16.3. The fourth-order valence-corrected chi connectivity index (χ4v) is 3.45. The Bertz CT molecular complexity index is 920. The molecule has 2 saturated heterocycles. The van der Waals surface area contributed by atoms with Crippen LogP contribution < -0.4 is 4.90 Å². The van der Waals surface area contributed by atoms with E-state index in [9.17, 15) is 25.1 Å². The summed E-state index contributed by atoms with van der Waals surface area (Å²) in [6, 6.07) is 10.6. The van der Waals surface area contributed by atoms with Crippen molar-refractivity contribution in [2.24, 2.45) is 0 Å². The normalized spacial score (nSPS) is 26.1. The van der Waals surface area contributed by atoms with Crippen LogP contribution in [0.4, 0.5) is 10.5 Å². The Hall–Kier alpha value is -2.95. The zero-order chi connectivity index (χ0) is 17.0. The number of amides is 3. The van der Waals surface area contributed by atoms with Crippen molar-refractivity contribution < 1.29 is 19.8 Å². The Kier molecular flexibility index (Phi) is 3.06. The van der Waals surface area contributed by atoms with Crippen LogP contribution in [0, 0.1) is 11.3 Å². The minimum atomic E-state index is -1.30. The van der Waals surface area contributed by atoms with Gasteiger partial charge in [0.2, 0.25) is 0 Å². The lowest BCUT2D eigenvalue weighted by molar-refractivity contribution is -0.122. The molecule has 2 fully saturated rings. The molecule has 2 heterocycles. The Morgan fingerprint density at radius 3 is 2.46 bits per heavy atom. The van der Waals surface area contributed by atoms with Crippen LogP contribution >= 0.6 is 0 Å². The van der Waals surface area contributed by atoms with Crippen LogP contribution in [0.2, 0.25) is 0 Å². The predicted octanol–water partition coefficient (Wildman–Crippen LogP) is 0.584. The Morgan fingerprint density at radius 1 is 1.08 bits per heavy atom. The SMILES string of the molecule is N#Cc1ccc(N2C(=O)C3[C@H](O)C(O)CN3C2=O)c2ccccc12. The molecule has 0 radical (unpaired) electrons. The van der Waals surface area contributed by atoms with Crippen molar-refractivity contribution in [2.45, 2.75) is 18.2 Å². The van der Waals surface area contributed by atoms with Gasteiger partial charge in [-0.2, -0.15) is 5.26 Å². The zero-order valence-corrected chi connectivity index (χ0v) is 12.5. The van der Waals surface area contributed by atoms with Crippen molar-refractivity contribution in [3.8, 4) is 6.07 Å². The molecular weight excluding hydrogens is 310 g/mol. The van der Waals surface area contributed by atoms with Crippen molar-refractivity contribution in [3.63, 3.8) is 0 Å². The lowest BCUT2D eigenvalue weighted by atomic mass is 10.0. The summed E-state index contributed by atoms with van der Waals surface area (Å²) in [4.78, 5) is 27.5. The van der Waals surface area contributed by atoms with E-state index in [0.717, 1.165) is 4.90 Å². The third-order valence-corrected chi connectivity index (χ3v) is 4.61. The number of rotatable bonds is 1. The molecule has 3 amide bonds. The van der Waals surface area contributed by atoms with Gasteiger partial charge in [-0.15, -0.1) is 0 Å². The highest BCUT2D eigenvalue weighted by Gasteiger charge is 2.56. The van der Waals surface area contributed by atoms with E-state index in [4.69, 9.17) is 0 Å². The Morgan fingerprint density at radius 2 is 1.79 bits per heavy atom. The number of benzene rings is 2. The number of anilines is 1. The number of nitriles is 1. The van der Waals surface area contributed by atoms with Gasteiger partial charge in [0.25, 0.3) is 5.91 Å². The fraction of sp³-hybridized carbons (Fsp3) is 0.235. The number of urea groups is 1. The van der Waals surface area contributed by atoms with E-state index in [1.54, 1.807) is 36.4 Å². The molecule has 120 valence electrons. The van der Waals surface area contributed by atoms with Gasteiger partial charge in [0, 0.05) is 10.8 Å². The van der Waals surface area contributed by atoms with E-state index < -0.39 is 30.2 Å². The average molecular weight is 323 g/mol. The molecule has 2 aromatic carbocycles. The molecule has 0 aromatic heterocycles. The average Bonchev–Trinajstić information content (AvgIpc) is 3.02. The quantitative estimate of drug-likeness (QED) is 0.747. The minimum Gasteiger partial charge on any atom is -0.388 e. The Labute approximate surface area is 136 Å².